The van der Waals surface area contributed by atoms with Crippen molar-refractivity contribution in [1.82, 2.24) is 0 Å². The maximum Gasteiger partial charge on any atom is 0.115 e. The van der Waals surface area contributed by atoms with Gasteiger partial charge < -0.3 is 5.11 Å². The van der Waals surface area contributed by atoms with Crippen molar-refractivity contribution < 1.29 is 5.11 Å². The lowest BCUT2D eigenvalue weighted by Gasteiger charge is -2.00. The van der Waals surface area contributed by atoms with Gasteiger partial charge in [0, 0.05) is 6.42 Å². The zero-order chi connectivity index (χ0) is 10.3. The van der Waals surface area contributed by atoms with Crippen LogP contribution in [0.15, 0.2) is 18.2 Å². The van der Waals surface area contributed by atoms with E-state index in [0.717, 1.165) is 11.1 Å². The summed E-state index contributed by atoms with van der Waals surface area (Å²) in [7, 11) is 0. The number of terminal acetylenes is 1. The Bertz CT molecular complexity index is 294. The minimum Gasteiger partial charge on any atom is -0.508 e. The Morgan fingerprint density at radius 3 is 2.46 bits per heavy atom. The summed E-state index contributed by atoms with van der Waals surface area (Å²) >= 11 is 0. The first-order valence-electron chi connectivity index (χ1n) is 4.46. The van der Waals surface area contributed by atoms with Gasteiger partial charge in [0.25, 0.3) is 0 Å². The van der Waals surface area contributed by atoms with Gasteiger partial charge in [-0.3, -0.25) is 0 Å². The highest BCUT2D eigenvalue weighted by molar-refractivity contribution is 5.35. The van der Waals surface area contributed by atoms with Gasteiger partial charge in [-0.15, -0.1) is 12.3 Å². The zero-order valence-electron chi connectivity index (χ0n) is 8.46. The maximum absolute atomic E-state index is 9.05. The summed E-state index contributed by atoms with van der Waals surface area (Å²) in [6.07, 6.45) is 5.79. The summed E-state index contributed by atoms with van der Waals surface area (Å²) in [4.78, 5) is 0. The van der Waals surface area contributed by atoms with Crippen LogP contribution in [0.2, 0.25) is 0 Å². The van der Waals surface area contributed by atoms with Gasteiger partial charge in [0.15, 0.2) is 0 Å². The van der Waals surface area contributed by atoms with Crippen molar-refractivity contribution in [2.45, 2.75) is 27.2 Å². The number of phenols is 1. The van der Waals surface area contributed by atoms with E-state index in [-0.39, 0.29) is 0 Å². The van der Waals surface area contributed by atoms with Gasteiger partial charge in [-0.25, -0.2) is 0 Å². The van der Waals surface area contributed by atoms with E-state index in [1.54, 1.807) is 12.1 Å². The van der Waals surface area contributed by atoms with Gasteiger partial charge in [-0.05, 0) is 30.2 Å². The van der Waals surface area contributed by atoms with Crippen LogP contribution in [-0.4, -0.2) is 5.11 Å². The molecule has 0 aliphatic heterocycles. The molecule has 0 fully saturated rings. The third-order valence-corrected chi connectivity index (χ3v) is 1.62. The van der Waals surface area contributed by atoms with Crippen LogP contribution in [0.3, 0.4) is 0 Å². The molecular formula is C12H16O. The summed E-state index contributed by atoms with van der Waals surface area (Å²) in [5.41, 5.74) is 2.15. The van der Waals surface area contributed by atoms with E-state index in [1.165, 1.54) is 0 Å². The molecule has 70 valence electrons. The third-order valence-electron chi connectivity index (χ3n) is 1.62. The quantitative estimate of drug-likeness (QED) is 0.652. The van der Waals surface area contributed by atoms with Crippen molar-refractivity contribution in [3.05, 3.63) is 29.3 Å². The lowest BCUT2D eigenvalue weighted by molar-refractivity contribution is 0.474. The molecule has 0 amide bonds. The number of aryl methyl sites for hydroxylation is 1. The lowest BCUT2D eigenvalue weighted by Crippen LogP contribution is -1.85. The highest BCUT2D eigenvalue weighted by Crippen LogP contribution is 2.15. The molecule has 0 aliphatic rings. The lowest BCUT2D eigenvalue weighted by atomic mass is 10.1. The Hall–Kier alpha value is -1.42. The van der Waals surface area contributed by atoms with E-state index < -0.39 is 0 Å². The Labute approximate surface area is 80.4 Å². The average molecular weight is 176 g/mol. The van der Waals surface area contributed by atoms with Crippen molar-refractivity contribution >= 4 is 0 Å². The van der Waals surface area contributed by atoms with Crippen LogP contribution >= 0.6 is 0 Å². The third kappa shape index (κ3) is 3.66. The Balaban J connectivity index is 0.000000671. The van der Waals surface area contributed by atoms with E-state index in [9.17, 15) is 0 Å². The SMILES string of the molecule is C#CCc1ccc(O)cc1C.CC. The molecule has 0 atom stereocenters. The van der Waals surface area contributed by atoms with E-state index in [2.05, 4.69) is 5.92 Å². The Morgan fingerprint density at radius 1 is 1.38 bits per heavy atom. The molecule has 0 spiro atoms. The van der Waals surface area contributed by atoms with Crippen molar-refractivity contribution in [1.29, 1.82) is 0 Å². The smallest absolute Gasteiger partial charge is 0.115 e. The van der Waals surface area contributed by atoms with Gasteiger partial charge in [-0.1, -0.05) is 19.9 Å². The molecule has 0 aromatic heterocycles. The molecular weight excluding hydrogens is 160 g/mol. The van der Waals surface area contributed by atoms with Crippen LogP contribution in [0.25, 0.3) is 0 Å². The highest BCUT2D eigenvalue weighted by atomic mass is 16.3. The van der Waals surface area contributed by atoms with Crippen LogP contribution < -0.4 is 0 Å². The van der Waals surface area contributed by atoms with Crippen molar-refractivity contribution in [2.24, 2.45) is 0 Å². The number of phenolic OH excluding ortho intramolecular Hbond substituents is 1. The van der Waals surface area contributed by atoms with Gasteiger partial charge in [0.05, 0.1) is 0 Å². The predicted octanol–water partition coefficient (Wildman–Crippen LogP) is 2.90. The minimum absolute atomic E-state index is 0.295. The maximum atomic E-state index is 9.05. The molecule has 0 saturated heterocycles. The molecule has 1 aromatic rings. The first kappa shape index (κ1) is 11.6. The summed E-state index contributed by atoms with van der Waals surface area (Å²) in [6, 6.07) is 5.22. The molecule has 0 bridgehead atoms. The zero-order valence-corrected chi connectivity index (χ0v) is 8.46. The summed E-state index contributed by atoms with van der Waals surface area (Å²) in [5, 5.41) is 9.05. The number of hydrogen-bond acceptors (Lipinski definition) is 1. The standard InChI is InChI=1S/C10H10O.C2H6/c1-3-4-9-5-6-10(11)7-8(9)2;1-2/h1,5-7,11H,4H2,2H3;1-2H3. The van der Waals surface area contributed by atoms with Gasteiger partial charge >= 0.3 is 0 Å². The highest BCUT2D eigenvalue weighted by Gasteiger charge is 1.96. The normalized spacial score (nSPS) is 8.15. The molecule has 0 unspecified atom stereocenters. The topological polar surface area (TPSA) is 20.2 Å². The molecule has 0 saturated carbocycles. The number of aromatic hydroxyl groups is 1. The molecule has 1 nitrogen and oxygen atoms in total. The molecule has 1 N–H and O–H groups in total. The van der Waals surface area contributed by atoms with E-state index >= 15 is 0 Å². The van der Waals surface area contributed by atoms with Gasteiger partial charge in [0.1, 0.15) is 5.75 Å². The fourth-order valence-corrected chi connectivity index (χ4v) is 0.988. The largest absolute Gasteiger partial charge is 0.508 e. The second-order valence-corrected chi connectivity index (χ2v) is 2.49. The van der Waals surface area contributed by atoms with Crippen molar-refractivity contribution in [3.63, 3.8) is 0 Å². The minimum atomic E-state index is 0.295. The molecule has 0 heterocycles. The molecule has 0 aliphatic carbocycles. The molecule has 0 radical (unpaired) electrons. The number of benzene rings is 1. The van der Waals surface area contributed by atoms with Gasteiger partial charge in [0.2, 0.25) is 0 Å². The van der Waals surface area contributed by atoms with Crippen LogP contribution in [0.4, 0.5) is 0 Å². The summed E-state index contributed by atoms with van der Waals surface area (Å²) < 4.78 is 0. The summed E-state index contributed by atoms with van der Waals surface area (Å²) in [5.74, 6) is 2.86. The number of hydrogen-bond donors (Lipinski definition) is 1. The fourth-order valence-electron chi connectivity index (χ4n) is 0.988. The van der Waals surface area contributed by atoms with Crippen LogP contribution in [0.5, 0.6) is 5.75 Å². The molecule has 13 heavy (non-hydrogen) atoms. The number of rotatable bonds is 1. The van der Waals surface area contributed by atoms with Crippen molar-refractivity contribution in [2.75, 3.05) is 0 Å². The van der Waals surface area contributed by atoms with Crippen molar-refractivity contribution in [3.8, 4) is 18.1 Å². The van der Waals surface area contributed by atoms with Crippen LogP contribution in [0.1, 0.15) is 25.0 Å². The molecule has 1 aromatic carbocycles. The first-order chi connectivity index (χ1) is 6.24. The second kappa shape index (κ2) is 6.14. The monoisotopic (exact) mass is 176 g/mol. The average Bonchev–Trinajstić information content (AvgIpc) is 2.14. The van der Waals surface area contributed by atoms with Crippen LogP contribution in [0, 0.1) is 19.3 Å². The second-order valence-electron chi connectivity index (χ2n) is 2.49. The molecule has 1 heteroatoms. The molecule has 1 rings (SSSR count). The Morgan fingerprint density at radius 2 is 2.00 bits per heavy atom. The predicted molar refractivity (Wildman–Crippen MR) is 56.7 cm³/mol. The van der Waals surface area contributed by atoms with E-state index in [1.807, 2.05) is 26.8 Å². The summed E-state index contributed by atoms with van der Waals surface area (Å²) in [6.45, 7) is 5.94. The van der Waals surface area contributed by atoms with Gasteiger partial charge in [-0.2, -0.15) is 0 Å². The Kier molecular flexibility index (Phi) is 5.47. The van der Waals surface area contributed by atoms with E-state index in [4.69, 9.17) is 11.5 Å². The fraction of sp³-hybridized carbons (Fsp3) is 0.333. The van der Waals surface area contributed by atoms with Crippen LogP contribution in [-0.2, 0) is 6.42 Å². The van der Waals surface area contributed by atoms with E-state index in [0.29, 0.717) is 12.2 Å². The first-order valence-corrected chi connectivity index (χ1v) is 4.46.